The van der Waals surface area contributed by atoms with Crippen LogP contribution in [0.15, 0.2) is 42.5 Å². The number of nitrogens with zero attached hydrogens (tertiary/aromatic N) is 4. The van der Waals surface area contributed by atoms with E-state index in [-0.39, 0.29) is 30.7 Å². The Hall–Kier alpha value is -2.25. The van der Waals surface area contributed by atoms with Gasteiger partial charge in [-0.15, -0.1) is 24.8 Å². The Balaban J connectivity index is 0.00000228. The first kappa shape index (κ1) is 30.0. The number of benzene rings is 2. The molecule has 0 aliphatic carbocycles. The standard InChI is InChI=1S/C27H34ClN5O.2ClH/c1-19-7-5-8-25(20(19)2)32-17-15-31(16-18-32)14-6-13-29-27(34)26-21(3)33(22(4)30-26)24-11-9-23(28)10-12-24;;/h5,7-12H,6,13-18H2,1-4H3,(H,29,34);2*1H. The molecule has 0 bridgehead atoms. The number of aryl methyl sites for hydroxylation is 2. The molecule has 4 rings (SSSR count). The number of aromatic nitrogens is 2. The molecule has 0 saturated carbocycles. The molecule has 3 aromatic rings. The molecule has 1 aromatic heterocycles. The molecule has 196 valence electrons. The van der Waals surface area contributed by atoms with E-state index in [1.54, 1.807) is 0 Å². The molecule has 1 amide bonds. The molecule has 0 unspecified atom stereocenters. The topological polar surface area (TPSA) is 53.4 Å². The van der Waals surface area contributed by atoms with Crippen molar-refractivity contribution in [2.45, 2.75) is 34.1 Å². The summed E-state index contributed by atoms with van der Waals surface area (Å²) >= 11 is 6.01. The predicted octanol–water partition coefficient (Wildman–Crippen LogP) is 5.55. The average Bonchev–Trinajstić information content (AvgIpc) is 3.13. The Labute approximate surface area is 231 Å². The van der Waals surface area contributed by atoms with Crippen LogP contribution in [0.4, 0.5) is 5.69 Å². The van der Waals surface area contributed by atoms with Gasteiger partial charge in [-0.25, -0.2) is 4.98 Å². The van der Waals surface area contributed by atoms with Gasteiger partial charge in [-0.1, -0.05) is 23.7 Å². The molecule has 0 atom stereocenters. The number of amides is 1. The summed E-state index contributed by atoms with van der Waals surface area (Å²) in [5, 5.41) is 3.74. The summed E-state index contributed by atoms with van der Waals surface area (Å²) in [6.07, 6.45) is 0.922. The number of piperazine rings is 1. The molecule has 0 spiro atoms. The van der Waals surface area contributed by atoms with Crippen LogP contribution in [0.5, 0.6) is 0 Å². The van der Waals surface area contributed by atoms with Crippen LogP contribution in [0, 0.1) is 27.7 Å². The lowest BCUT2D eigenvalue weighted by Crippen LogP contribution is -2.47. The SMILES string of the molecule is Cc1cccc(N2CCN(CCCNC(=O)c3nc(C)n(-c4ccc(Cl)cc4)c3C)CC2)c1C.Cl.Cl. The Bertz CT molecular complexity index is 1150. The lowest BCUT2D eigenvalue weighted by Gasteiger charge is -2.37. The molecule has 1 fully saturated rings. The van der Waals surface area contributed by atoms with Gasteiger partial charge in [0.2, 0.25) is 0 Å². The molecule has 1 aliphatic rings. The smallest absolute Gasteiger partial charge is 0.271 e. The maximum atomic E-state index is 12.8. The van der Waals surface area contributed by atoms with Crippen molar-refractivity contribution in [3.05, 3.63) is 75.8 Å². The lowest BCUT2D eigenvalue weighted by atomic mass is 10.1. The van der Waals surface area contributed by atoms with Gasteiger partial charge >= 0.3 is 0 Å². The Morgan fingerprint density at radius 1 is 0.972 bits per heavy atom. The first-order chi connectivity index (χ1) is 16.3. The van der Waals surface area contributed by atoms with Crippen LogP contribution in [0.2, 0.25) is 5.02 Å². The van der Waals surface area contributed by atoms with E-state index in [9.17, 15) is 4.79 Å². The fourth-order valence-electron chi connectivity index (χ4n) is 4.71. The highest BCUT2D eigenvalue weighted by atomic mass is 35.5. The second-order valence-electron chi connectivity index (χ2n) is 9.06. The summed E-state index contributed by atoms with van der Waals surface area (Å²) in [6.45, 7) is 14.0. The van der Waals surface area contributed by atoms with Gasteiger partial charge in [0.25, 0.3) is 5.91 Å². The van der Waals surface area contributed by atoms with Crippen LogP contribution in [0.25, 0.3) is 5.69 Å². The monoisotopic (exact) mass is 551 g/mol. The lowest BCUT2D eigenvalue weighted by molar-refractivity contribution is 0.0946. The van der Waals surface area contributed by atoms with Crippen LogP contribution in [0.3, 0.4) is 0 Å². The highest BCUT2D eigenvalue weighted by molar-refractivity contribution is 6.30. The number of hydrogen-bond acceptors (Lipinski definition) is 4. The van der Waals surface area contributed by atoms with Crippen LogP contribution in [-0.4, -0.2) is 59.6 Å². The van der Waals surface area contributed by atoms with Crippen molar-refractivity contribution in [2.24, 2.45) is 0 Å². The van der Waals surface area contributed by atoms with E-state index in [4.69, 9.17) is 11.6 Å². The third kappa shape index (κ3) is 6.74. The largest absolute Gasteiger partial charge is 0.369 e. The van der Waals surface area contributed by atoms with Crippen molar-refractivity contribution in [1.82, 2.24) is 19.8 Å². The quantitative estimate of drug-likeness (QED) is 0.391. The second-order valence-corrected chi connectivity index (χ2v) is 9.50. The summed E-state index contributed by atoms with van der Waals surface area (Å²) in [5.41, 5.74) is 6.35. The van der Waals surface area contributed by atoms with E-state index >= 15 is 0 Å². The third-order valence-corrected chi connectivity index (χ3v) is 7.05. The van der Waals surface area contributed by atoms with E-state index in [0.717, 1.165) is 56.4 Å². The maximum Gasteiger partial charge on any atom is 0.271 e. The molecular weight excluding hydrogens is 517 g/mol. The van der Waals surface area contributed by atoms with Gasteiger partial charge in [0, 0.05) is 49.1 Å². The zero-order chi connectivity index (χ0) is 24.2. The Kier molecular flexibility index (Phi) is 11.1. The normalized spacial score (nSPS) is 13.6. The fraction of sp³-hybridized carbons (Fsp3) is 0.407. The molecule has 0 radical (unpaired) electrons. The van der Waals surface area contributed by atoms with E-state index in [0.29, 0.717) is 17.3 Å². The highest BCUT2D eigenvalue weighted by Crippen LogP contribution is 2.24. The number of anilines is 1. The number of hydrogen-bond donors (Lipinski definition) is 1. The molecule has 1 N–H and O–H groups in total. The van der Waals surface area contributed by atoms with Gasteiger partial charge < -0.3 is 14.8 Å². The number of nitrogens with one attached hydrogen (secondary N) is 1. The minimum absolute atomic E-state index is 0. The summed E-state index contributed by atoms with van der Waals surface area (Å²) in [5.74, 6) is 0.666. The highest BCUT2D eigenvalue weighted by Gasteiger charge is 2.20. The van der Waals surface area contributed by atoms with Crippen LogP contribution in [-0.2, 0) is 0 Å². The van der Waals surface area contributed by atoms with Crippen molar-refractivity contribution in [3.8, 4) is 5.69 Å². The van der Waals surface area contributed by atoms with Crippen molar-refractivity contribution >= 4 is 48.0 Å². The molecular formula is C27H36Cl3N5O. The number of halogens is 3. The van der Waals surface area contributed by atoms with Gasteiger partial charge in [-0.2, -0.15) is 0 Å². The van der Waals surface area contributed by atoms with Gasteiger partial charge in [0.1, 0.15) is 11.5 Å². The summed E-state index contributed by atoms with van der Waals surface area (Å²) in [4.78, 5) is 22.3. The van der Waals surface area contributed by atoms with E-state index in [2.05, 4.69) is 52.1 Å². The minimum Gasteiger partial charge on any atom is -0.369 e. The Morgan fingerprint density at radius 2 is 1.64 bits per heavy atom. The minimum atomic E-state index is -0.118. The van der Waals surface area contributed by atoms with Gasteiger partial charge in [0.15, 0.2) is 0 Å². The number of imidazole rings is 1. The zero-order valence-corrected chi connectivity index (χ0v) is 23.8. The molecule has 1 saturated heterocycles. The third-order valence-electron chi connectivity index (χ3n) is 6.80. The molecule has 2 heterocycles. The van der Waals surface area contributed by atoms with Gasteiger partial charge in [-0.3, -0.25) is 9.69 Å². The first-order valence-electron chi connectivity index (χ1n) is 12.0. The van der Waals surface area contributed by atoms with Crippen molar-refractivity contribution in [2.75, 3.05) is 44.2 Å². The Morgan fingerprint density at radius 3 is 2.31 bits per heavy atom. The predicted molar refractivity (Wildman–Crippen MR) is 154 cm³/mol. The number of carbonyl (C=O) groups excluding carboxylic acids is 1. The molecule has 1 aliphatic heterocycles. The number of carbonyl (C=O) groups is 1. The van der Waals surface area contributed by atoms with Gasteiger partial charge in [-0.05, 0) is 82.1 Å². The molecule has 2 aromatic carbocycles. The van der Waals surface area contributed by atoms with Crippen molar-refractivity contribution in [1.29, 1.82) is 0 Å². The zero-order valence-electron chi connectivity index (χ0n) is 21.4. The van der Waals surface area contributed by atoms with Crippen molar-refractivity contribution in [3.63, 3.8) is 0 Å². The fourth-order valence-corrected chi connectivity index (χ4v) is 4.83. The van der Waals surface area contributed by atoms with Crippen LogP contribution in [0.1, 0.15) is 39.6 Å². The summed E-state index contributed by atoms with van der Waals surface area (Å²) < 4.78 is 1.99. The van der Waals surface area contributed by atoms with E-state index in [1.165, 1.54) is 16.8 Å². The van der Waals surface area contributed by atoms with Crippen LogP contribution < -0.4 is 10.2 Å². The summed E-state index contributed by atoms with van der Waals surface area (Å²) in [6, 6.07) is 14.1. The van der Waals surface area contributed by atoms with Crippen LogP contribution >= 0.6 is 36.4 Å². The average molecular weight is 553 g/mol. The second kappa shape index (κ2) is 13.3. The summed E-state index contributed by atoms with van der Waals surface area (Å²) in [7, 11) is 0. The van der Waals surface area contributed by atoms with E-state index in [1.807, 2.05) is 42.7 Å². The molecule has 9 heteroatoms. The first-order valence-corrected chi connectivity index (χ1v) is 12.4. The molecule has 6 nitrogen and oxygen atoms in total. The van der Waals surface area contributed by atoms with Gasteiger partial charge in [0.05, 0.1) is 5.69 Å². The van der Waals surface area contributed by atoms with Crippen molar-refractivity contribution < 1.29 is 4.79 Å². The molecule has 36 heavy (non-hydrogen) atoms. The van der Waals surface area contributed by atoms with E-state index < -0.39 is 0 Å². The maximum absolute atomic E-state index is 12.8. The number of rotatable bonds is 7.